The molecule has 0 radical (unpaired) electrons. The predicted molar refractivity (Wildman–Crippen MR) is 160 cm³/mol. The number of rotatable bonds is 18. The van der Waals surface area contributed by atoms with Crippen molar-refractivity contribution in [2.24, 2.45) is 28.1 Å². The van der Waals surface area contributed by atoms with Gasteiger partial charge in [0.1, 0.15) is 18.1 Å². The molecule has 0 aliphatic carbocycles. The molecule has 1 heterocycles. The number of carboxylic acids is 2. The van der Waals surface area contributed by atoms with Gasteiger partial charge in [0, 0.05) is 36.5 Å². The summed E-state index contributed by atoms with van der Waals surface area (Å²) in [6.45, 7) is 3.84. The lowest BCUT2D eigenvalue weighted by Gasteiger charge is -2.26. The van der Waals surface area contributed by atoms with Gasteiger partial charge in [0.05, 0.1) is 6.04 Å². The number of guanidine groups is 1. The van der Waals surface area contributed by atoms with Crippen LogP contribution in [0, 0.1) is 5.92 Å². The predicted octanol–water partition coefficient (Wildman–Crippen LogP) is -0.459. The van der Waals surface area contributed by atoms with E-state index in [-0.39, 0.29) is 56.9 Å². The van der Waals surface area contributed by atoms with Crippen LogP contribution >= 0.6 is 0 Å². The third kappa shape index (κ3) is 11.6. The molecule has 12 N–H and O–H groups in total. The first-order valence-electron chi connectivity index (χ1n) is 14.0. The Bertz CT molecular complexity index is 1310. The maximum Gasteiger partial charge on any atom is 0.326 e. The van der Waals surface area contributed by atoms with E-state index in [4.69, 9.17) is 22.3 Å². The average molecular weight is 603 g/mol. The minimum atomic E-state index is -1.28. The lowest BCUT2D eigenvalue weighted by Crippen LogP contribution is -2.57. The Hall–Kier alpha value is -4.66. The number of carboxylic acid groups (broad SMARTS) is 2. The number of para-hydroxylation sites is 1. The fourth-order valence-electron chi connectivity index (χ4n) is 4.43. The summed E-state index contributed by atoms with van der Waals surface area (Å²) < 4.78 is 0. The van der Waals surface area contributed by atoms with E-state index in [0.29, 0.717) is 5.56 Å². The first-order chi connectivity index (χ1) is 20.3. The van der Waals surface area contributed by atoms with Gasteiger partial charge in [-0.2, -0.15) is 0 Å². The summed E-state index contributed by atoms with van der Waals surface area (Å²) in [4.78, 5) is 69.3. The van der Waals surface area contributed by atoms with E-state index in [1.807, 2.05) is 38.1 Å². The van der Waals surface area contributed by atoms with Crippen molar-refractivity contribution in [3.8, 4) is 0 Å². The highest BCUT2D eigenvalue weighted by atomic mass is 16.4. The van der Waals surface area contributed by atoms with Crippen LogP contribution in [-0.2, 0) is 30.4 Å². The van der Waals surface area contributed by atoms with Crippen molar-refractivity contribution in [2.75, 3.05) is 6.54 Å². The first kappa shape index (κ1) is 34.5. The van der Waals surface area contributed by atoms with Crippen LogP contribution in [0.15, 0.2) is 35.5 Å². The number of H-pyrrole nitrogens is 1. The normalized spacial score (nSPS) is 13.9. The van der Waals surface area contributed by atoms with Gasteiger partial charge in [-0.15, -0.1) is 0 Å². The fourth-order valence-corrected chi connectivity index (χ4v) is 4.43. The lowest BCUT2D eigenvalue weighted by molar-refractivity contribution is -0.142. The van der Waals surface area contributed by atoms with Crippen LogP contribution in [0.2, 0.25) is 0 Å². The van der Waals surface area contributed by atoms with Crippen LogP contribution in [0.5, 0.6) is 0 Å². The van der Waals surface area contributed by atoms with Crippen LogP contribution < -0.4 is 33.2 Å². The summed E-state index contributed by atoms with van der Waals surface area (Å²) in [5.41, 5.74) is 18.0. The van der Waals surface area contributed by atoms with Crippen molar-refractivity contribution in [3.05, 3.63) is 36.0 Å². The molecule has 0 aliphatic heterocycles. The number of benzene rings is 1. The Morgan fingerprint density at radius 1 is 0.907 bits per heavy atom. The van der Waals surface area contributed by atoms with Crippen molar-refractivity contribution < 1.29 is 34.2 Å². The molecule has 0 aliphatic rings. The number of aliphatic carboxylic acids is 2. The minimum Gasteiger partial charge on any atom is -0.481 e. The molecule has 2 aromatic rings. The van der Waals surface area contributed by atoms with Gasteiger partial charge >= 0.3 is 11.9 Å². The molecule has 15 heteroatoms. The second-order valence-electron chi connectivity index (χ2n) is 10.7. The van der Waals surface area contributed by atoms with E-state index in [1.54, 1.807) is 6.20 Å². The summed E-state index contributed by atoms with van der Waals surface area (Å²) in [7, 11) is 0. The SMILES string of the molecule is CC(C)CC(NC(=O)C(CCCN=C(N)N)NC(=O)C(N)CCC(=O)O)C(=O)NC(Cc1c[nH]c2ccccc12)C(=O)O. The van der Waals surface area contributed by atoms with Crippen LogP contribution in [0.1, 0.15) is 51.5 Å². The van der Waals surface area contributed by atoms with Crippen molar-refractivity contribution in [2.45, 2.75) is 76.5 Å². The zero-order chi connectivity index (χ0) is 32.1. The van der Waals surface area contributed by atoms with Gasteiger partial charge in [-0.3, -0.25) is 24.2 Å². The summed E-state index contributed by atoms with van der Waals surface area (Å²) in [6, 6.07) is 2.65. The molecule has 0 saturated heterocycles. The first-order valence-corrected chi connectivity index (χ1v) is 14.0. The van der Waals surface area contributed by atoms with E-state index in [2.05, 4.69) is 25.9 Å². The molecule has 0 bridgehead atoms. The maximum absolute atomic E-state index is 13.4. The number of carbonyl (C=O) groups excluding carboxylic acids is 3. The van der Waals surface area contributed by atoms with Crippen molar-refractivity contribution in [1.82, 2.24) is 20.9 Å². The zero-order valence-corrected chi connectivity index (χ0v) is 24.3. The van der Waals surface area contributed by atoms with Gasteiger partial charge in [0.15, 0.2) is 5.96 Å². The van der Waals surface area contributed by atoms with Crippen molar-refractivity contribution in [1.29, 1.82) is 0 Å². The second-order valence-corrected chi connectivity index (χ2v) is 10.7. The van der Waals surface area contributed by atoms with E-state index >= 15 is 0 Å². The largest absolute Gasteiger partial charge is 0.481 e. The number of hydrogen-bond acceptors (Lipinski definition) is 7. The average Bonchev–Trinajstić information content (AvgIpc) is 3.34. The third-order valence-electron chi connectivity index (χ3n) is 6.64. The van der Waals surface area contributed by atoms with E-state index in [1.165, 1.54) is 0 Å². The number of hydrogen-bond donors (Lipinski definition) is 9. The monoisotopic (exact) mass is 602 g/mol. The second kappa shape index (κ2) is 16.7. The summed E-state index contributed by atoms with van der Waals surface area (Å²) in [5, 5.41) is 27.3. The standard InChI is InChI=1S/C28H42N8O7/c1-15(2)12-21(26(41)36-22(27(42)43)13-16-14-33-19-7-4-3-6-17(16)19)35-25(40)20(8-5-11-32-28(30)31)34-24(39)18(29)9-10-23(37)38/h3-4,6-7,14-15,18,20-22,33H,5,8-13,29H2,1-2H3,(H,34,39)(H,35,40)(H,36,41)(H,37,38)(H,42,43)(H4,30,31,32). The molecule has 0 spiro atoms. The topological polar surface area (TPSA) is 268 Å². The van der Waals surface area contributed by atoms with Gasteiger partial charge < -0.3 is 48.3 Å². The van der Waals surface area contributed by atoms with Crippen molar-refractivity contribution >= 4 is 46.5 Å². The molecule has 4 unspecified atom stereocenters. The van der Waals surface area contributed by atoms with E-state index in [9.17, 15) is 29.1 Å². The number of nitrogens with one attached hydrogen (secondary N) is 4. The molecule has 43 heavy (non-hydrogen) atoms. The molecular formula is C28H42N8O7. The minimum absolute atomic E-state index is 0.00510. The lowest BCUT2D eigenvalue weighted by atomic mass is 10.0. The Morgan fingerprint density at radius 3 is 2.16 bits per heavy atom. The van der Waals surface area contributed by atoms with Crippen LogP contribution in [0.4, 0.5) is 0 Å². The van der Waals surface area contributed by atoms with Crippen LogP contribution in [-0.4, -0.2) is 81.5 Å². The molecule has 1 aromatic heterocycles. The van der Waals surface area contributed by atoms with Crippen LogP contribution in [0.3, 0.4) is 0 Å². The van der Waals surface area contributed by atoms with Gasteiger partial charge in [-0.1, -0.05) is 32.0 Å². The highest BCUT2D eigenvalue weighted by molar-refractivity contribution is 5.94. The fraction of sp³-hybridized carbons (Fsp3) is 0.500. The van der Waals surface area contributed by atoms with Crippen LogP contribution in [0.25, 0.3) is 10.9 Å². The van der Waals surface area contributed by atoms with E-state index in [0.717, 1.165) is 10.9 Å². The third-order valence-corrected chi connectivity index (χ3v) is 6.64. The number of nitrogens with zero attached hydrogens (tertiary/aromatic N) is 1. The maximum atomic E-state index is 13.4. The Labute approximate surface area is 249 Å². The molecule has 1 aromatic carbocycles. The summed E-state index contributed by atoms with van der Waals surface area (Å²) >= 11 is 0. The number of amides is 3. The van der Waals surface area contributed by atoms with Gasteiger partial charge in [-0.25, -0.2) is 4.79 Å². The molecule has 0 fully saturated rings. The summed E-state index contributed by atoms with van der Waals surface area (Å²) in [6.07, 6.45) is 1.76. The summed E-state index contributed by atoms with van der Waals surface area (Å²) in [5.74, 6) is -4.71. The Balaban J connectivity index is 2.19. The Kier molecular flexibility index (Phi) is 13.4. The number of carbonyl (C=O) groups is 5. The molecule has 15 nitrogen and oxygen atoms in total. The molecule has 0 saturated carbocycles. The Morgan fingerprint density at radius 2 is 1.53 bits per heavy atom. The van der Waals surface area contributed by atoms with Crippen molar-refractivity contribution in [3.63, 3.8) is 0 Å². The molecule has 2 rings (SSSR count). The smallest absolute Gasteiger partial charge is 0.326 e. The molecule has 236 valence electrons. The number of aliphatic imine (C=N–C) groups is 1. The van der Waals surface area contributed by atoms with E-state index < -0.39 is 53.8 Å². The van der Waals surface area contributed by atoms with Gasteiger partial charge in [0.25, 0.3) is 0 Å². The number of aromatic amines is 1. The molecule has 3 amide bonds. The number of nitrogens with two attached hydrogens (primary N) is 3. The van der Waals surface area contributed by atoms with Gasteiger partial charge in [-0.05, 0) is 43.2 Å². The molecular weight excluding hydrogens is 560 g/mol. The highest BCUT2D eigenvalue weighted by Crippen LogP contribution is 2.19. The number of aromatic nitrogens is 1. The molecule has 4 atom stereocenters. The quantitative estimate of drug-likeness (QED) is 0.0602. The van der Waals surface area contributed by atoms with Gasteiger partial charge in [0.2, 0.25) is 17.7 Å². The zero-order valence-electron chi connectivity index (χ0n) is 24.3. The number of fused-ring (bicyclic) bond motifs is 1. The highest BCUT2D eigenvalue weighted by Gasteiger charge is 2.31.